The first-order chi connectivity index (χ1) is 14.9. The molecule has 1 fully saturated rings. The number of amides is 1. The monoisotopic (exact) mass is 466 g/mol. The molecule has 0 unspecified atom stereocenters. The molecule has 166 valence electrons. The molecule has 2 aromatic carbocycles. The summed E-state index contributed by atoms with van der Waals surface area (Å²) in [6.45, 7) is 6.07. The zero-order valence-corrected chi connectivity index (χ0v) is 18.9. The molecular formula is C22H24Cl2N2O5. The third kappa shape index (κ3) is 6.03. The number of esters is 1. The molecule has 0 saturated carbocycles. The van der Waals surface area contributed by atoms with Crippen LogP contribution in [0.1, 0.15) is 22.8 Å². The Morgan fingerprint density at radius 2 is 1.90 bits per heavy atom. The van der Waals surface area contributed by atoms with Crippen molar-refractivity contribution in [3.63, 3.8) is 0 Å². The third-order valence-corrected chi connectivity index (χ3v) is 5.17. The molecular weight excluding hydrogens is 443 g/mol. The number of nitrogens with one attached hydrogen (secondary N) is 1. The topological polar surface area (TPSA) is 77.1 Å². The summed E-state index contributed by atoms with van der Waals surface area (Å²) in [6, 6.07) is 8.41. The first-order valence-electron chi connectivity index (χ1n) is 9.91. The lowest BCUT2D eigenvalue weighted by molar-refractivity contribution is -0.118. The van der Waals surface area contributed by atoms with Crippen LogP contribution in [0.5, 0.6) is 5.75 Å². The third-order valence-electron chi connectivity index (χ3n) is 4.67. The average molecular weight is 467 g/mol. The van der Waals surface area contributed by atoms with Gasteiger partial charge >= 0.3 is 5.97 Å². The van der Waals surface area contributed by atoms with E-state index in [1.165, 1.54) is 0 Å². The number of morpholine rings is 1. The number of hydrogen-bond acceptors (Lipinski definition) is 6. The molecule has 0 spiro atoms. The van der Waals surface area contributed by atoms with Gasteiger partial charge in [-0.25, -0.2) is 4.79 Å². The van der Waals surface area contributed by atoms with Crippen molar-refractivity contribution in [3.8, 4) is 5.75 Å². The fraction of sp³-hybridized carbons (Fsp3) is 0.364. The number of carbonyl (C=O) groups is 2. The van der Waals surface area contributed by atoms with Crippen molar-refractivity contribution >= 4 is 46.5 Å². The average Bonchev–Trinajstić information content (AvgIpc) is 2.73. The number of carbonyl (C=O) groups excluding carboxylic acids is 2. The van der Waals surface area contributed by atoms with Gasteiger partial charge < -0.3 is 24.4 Å². The molecule has 1 aliphatic rings. The van der Waals surface area contributed by atoms with Gasteiger partial charge in [0.2, 0.25) is 0 Å². The predicted molar refractivity (Wildman–Crippen MR) is 121 cm³/mol. The van der Waals surface area contributed by atoms with E-state index in [0.717, 1.165) is 11.3 Å². The lowest BCUT2D eigenvalue weighted by Gasteiger charge is -2.30. The van der Waals surface area contributed by atoms with Crippen LogP contribution < -0.4 is 15.0 Å². The summed E-state index contributed by atoms with van der Waals surface area (Å²) >= 11 is 12.1. The van der Waals surface area contributed by atoms with Gasteiger partial charge in [0.05, 0.1) is 36.1 Å². The lowest BCUT2D eigenvalue weighted by atomic mass is 10.1. The summed E-state index contributed by atoms with van der Waals surface area (Å²) < 4.78 is 16.2. The fourth-order valence-electron chi connectivity index (χ4n) is 3.27. The summed E-state index contributed by atoms with van der Waals surface area (Å²) in [5.74, 6) is -0.435. The smallest absolute Gasteiger partial charge is 0.340 e. The molecule has 0 aromatic heterocycles. The summed E-state index contributed by atoms with van der Waals surface area (Å²) in [5, 5.41) is 3.57. The van der Waals surface area contributed by atoms with Crippen LogP contribution in [0.4, 0.5) is 11.4 Å². The van der Waals surface area contributed by atoms with E-state index in [9.17, 15) is 9.59 Å². The van der Waals surface area contributed by atoms with E-state index < -0.39 is 5.97 Å². The van der Waals surface area contributed by atoms with E-state index in [-0.39, 0.29) is 19.1 Å². The SMILES string of the molecule is CCOC(=O)c1cc(NC(=O)COc2c(C)cc(Cl)cc2Cl)ccc1N1CCOCC1. The van der Waals surface area contributed by atoms with Gasteiger partial charge in [-0.3, -0.25) is 4.79 Å². The van der Waals surface area contributed by atoms with E-state index in [1.54, 1.807) is 44.2 Å². The molecule has 1 heterocycles. The summed E-state index contributed by atoms with van der Waals surface area (Å²) in [4.78, 5) is 27.0. The van der Waals surface area contributed by atoms with E-state index in [2.05, 4.69) is 10.2 Å². The highest BCUT2D eigenvalue weighted by Gasteiger charge is 2.21. The predicted octanol–water partition coefficient (Wildman–Crippen LogP) is 4.33. The van der Waals surface area contributed by atoms with Crippen LogP contribution in [0.3, 0.4) is 0 Å². The van der Waals surface area contributed by atoms with Crippen molar-refractivity contribution in [1.82, 2.24) is 0 Å². The number of nitrogens with zero attached hydrogens (tertiary/aromatic N) is 1. The molecule has 0 aliphatic carbocycles. The number of halogens is 2. The van der Waals surface area contributed by atoms with Crippen LogP contribution in [0.15, 0.2) is 30.3 Å². The minimum Gasteiger partial charge on any atom is -0.482 e. The minimum absolute atomic E-state index is 0.248. The number of rotatable bonds is 7. The second-order valence-corrected chi connectivity index (χ2v) is 7.77. The normalized spacial score (nSPS) is 13.6. The van der Waals surface area contributed by atoms with E-state index in [1.807, 2.05) is 0 Å². The Labute approximate surface area is 191 Å². The molecule has 31 heavy (non-hydrogen) atoms. The second kappa shape index (κ2) is 10.7. The molecule has 1 amide bonds. The van der Waals surface area contributed by atoms with Gasteiger partial charge in [-0.2, -0.15) is 0 Å². The van der Waals surface area contributed by atoms with Crippen LogP contribution in [0, 0.1) is 6.92 Å². The molecule has 0 atom stereocenters. The maximum Gasteiger partial charge on any atom is 0.340 e. The summed E-state index contributed by atoms with van der Waals surface area (Å²) in [7, 11) is 0. The van der Waals surface area contributed by atoms with Gasteiger partial charge in [-0.1, -0.05) is 23.2 Å². The number of hydrogen-bond donors (Lipinski definition) is 1. The maximum absolute atomic E-state index is 12.5. The Balaban J connectivity index is 1.72. The van der Waals surface area contributed by atoms with Crippen molar-refractivity contribution in [1.29, 1.82) is 0 Å². The molecule has 0 bridgehead atoms. The van der Waals surface area contributed by atoms with Crippen LogP contribution in [0.2, 0.25) is 10.0 Å². The maximum atomic E-state index is 12.5. The number of anilines is 2. The van der Waals surface area contributed by atoms with Crippen molar-refractivity contribution in [2.45, 2.75) is 13.8 Å². The number of benzene rings is 2. The molecule has 1 saturated heterocycles. The quantitative estimate of drug-likeness (QED) is 0.611. The van der Waals surface area contributed by atoms with Crippen LogP contribution in [0.25, 0.3) is 0 Å². The van der Waals surface area contributed by atoms with Crippen LogP contribution >= 0.6 is 23.2 Å². The van der Waals surface area contributed by atoms with Gasteiger partial charge in [0.1, 0.15) is 5.75 Å². The molecule has 0 radical (unpaired) electrons. The van der Waals surface area contributed by atoms with Gasteiger partial charge in [0, 0.05) is 23.8 Å². The first-order valence-corrected chi connectivity index (χ1v) is 10.7. The van der Waals surface area contributed by atoms with Crippen LogP contribution in [-0.2, 0) is 14.3 Å². The Morgan fingerprint density at radius 3 is 2.58 bits per heavy atom. The Morgan fingerprint density at radius 1 is 1.16 bits per heavy atom. The first kappa shape index (κ1) is 23.2. The van der Waals surface area contributed by atoms with Crippen LogP contribution in [-0.4, -0.2) is 51.4 Å². The fourth-order valence-corrected chi connectivity index (χ4v) is 3.92. The molecule has 9 heteroatoms. The minimum atomic E-state index is -0.445. The summed E-state index contributed by atoms with van der Waals surface area (Å²) in [6.07, 6.45) is 0. The van der Waals surface area contributed by atoms with E-state index >= 15 is 0 Å². The lowest BCUT2D eigenvalue weighted by Crippen LogP contribution is -2.37. The van der Waals surface area contributed by atoms with Gasteiger partial charge in [-0.15, -0.1) is 0 Å². The molecule has 7 nitrogen and oxygen atoms in total. The standard InChI is InChI=1S/C22H24Cl2N2O5/c1-3-30-22(28)17-12-16(4-5-19(17)26-6-8-29-9-7-26)25-20(27)13-31-21-14(2)10-15(23)11-18(21)24/h4-5,10-12H,3,6-9,13H2,1-2H3,(H,25,27). The Hall–Kier alpha value is -2.48. The van der Waals surface area contributed by atoms with Gasteiger partial charge in [-0.05, 0) is 49.7 Å². The highest BCUT2D eigenvalue weighted by atomic mass is 35.5. The zero-order valence-electron chi connectivity index (χ0n) is 17.4. The van der Waals surface area contributed by atoms with E-state index in [4.69, 9.17) is 37.4 Å². The molecule has 3 rings (SSSR count). The highest BCUT2D eigenvalue weighted by Crippen LogP contribution is 2.32. The van der Waals surface area contributed by atoms with E-state index in [0.29, 0.717) is 53.3 Å². The zero-order chi connectivity index (χ0) is 22.4. The molecule has 2 aromatic rings. The van der Waals surface area contributed by atoms with Crippen molar-refractivity contribution in [2.75, 3.05) is 49.7 Å². The Bertz CT molecular complexity index is 938. The number of aryl methyl sites for hydroxylation is 1. The highest BCUT2D eigenvalue weighted by molar-refractivity contribution is 6.35. The van der Waals surface area contributed by atoms with Gasteiger partial charge in [0.25, 0.3) is 5.91 Å². The molecule has 1 N–H and O–H groups in total. The molecule has 1 aliphatic heterocycles. The Kier molecular flexibility index (Phi) is 8.01. The summed E-state index contributed by atoms with van der Waals surface area (Å²) in [5.41, 5.74) is 2.33. The largest absolute Gasteiger partial charge is 0.482 e. The van der Waals surface area contributed by atoms with Crippen molar-refractivity contribution in [3.05, 3.63) is 51.5 Å². The second-order valence-electron chi connectivity index (χ2n) is 6.92. The van der Waals surface area contributed by atoms with Gasteiger partial charge in [0.15, 0.2) is 6.61 Å². The van der Waals surface area contributed by atoms with Crippen molar-refractivity contribution < 1.29 is 23.8 Å². The van der Waals surface area contributed by atoms with Crippen molar-refractivity contribution in [2.24, 2.45) is 0 Å². The number of ether oxygens (including phenoxy) is 3.